The maximum atomic E-state index is 11.6. The summed E-state index contributed by atoms with van der Waals surface area (Å²) >= 11 is 8.78. The molecule has 0 amide bonds. The Morgan fingerprint density at radius 2 is 1.90 bits per heavy atom. The summed E-state index contributed by atoms with van der Waals surface area (Å²) in [7, 11) is 3.57. The number of rotatable bonds is 4. The molecule has 0 radical (unpaired) electrons. The molecule has 7 nitrogen and oxygen atoms in total. The lowest BCUT2D eigenvalue weighted by Gasteiger charge is -2.13. The van der Waals surface area contributed by atoms with Crippen molar-refractivity contribution in [2.45, 2.75) is 6.42 Å². The fourth-order valence-electron chi connectivity index (χ4n) is 0.948. The SMILES string of the molecule is CN(C)C(=S)OCCC(=O)c1cncnc1.NC(O)=S. The lowest BCUT2D eigenvalue weighted by Crippen LogP contribution is -2.23. The Kier molecular flexibility index (Phi) is 9.05. The Balaban J connectivity index is 0.000000796. The Bertz CT molecular complexity index is 450. The number of hydrogen-bond acceptors (Lipinski definition) is 6. The highest BCUT2D eigenvalue weighted by atomic mass is 32.1. The first kappa shape index (κ1) is 18.1. The number of Topliss-reactive ketones (excluding diaryl/α,β-unsaturated/α-hetero) is 1. The van der Waals surface area contributed by atoms with Crippen LogP contribution in [0.4, 0.5) is 0 Å². The largest absolute Gasteiger partial charge is 0.487 e. The summed E-state index contributed by atoms with van der Waals surface area (Å²) in [5.41, 5.74) is 4.89. The number of ketones is 1. The number of hydrogen-bond donors (Lipinski definition) is 2. The molecule has 0 unspecified atom stereocenters. The third kappa shape index (κ3) is 9.11. The van der Waals surface area contributed by atoms with Crippen LogP contribution in [0.3, 0.4) is 0 Å². The van der Waals surface area contributed by atoms with Crippen LogP contribution >= 0.6 is 24.4 Å². The number of aliphatic hydroxyl groups is 1. The van der Waals surface area contributed by atoms with Crippen molar-refractivity contribution in [3.8, 4) is 0 Å². The molecule has 9 heteroatoms. The number of carbonyl (C=O) groups excluding carboxylic acids is 1. The van der Waals surface area contributed by atoms with Crippen molar-refractivity contribution < 1.29 is 14.6 Å². The molecule has 3 N–H and O–H groups in total. The van der Waals surface area contributed by atoms with Crippen LogP contribution in [-0.2, 0) is 4.74 Å². The molecular formula is C11H16N4O3S2. The van der Waals surface area contributed by atoms with E-state index in [0.29, 0.717) is 10.7 Å². The van der Waals surface area contributed by atoms with Crippen LogP contribution in [0, 0.1) is 0 Å². The highest BCUT2D eigenvalue weighted by Gasteiger charge is 2.07. The minimum absolute atomic E-state index is 0.0536. The molecule has 1 heterocycles. The standard InChI is InChI=1S/C10H13N3O2S.CH3NOS/c1-13(2)10(16)15-4-3-9(14)8-5-11-7-12-6-8;2-1(3)4/h5-7H,3-4H2,1-2H3;(H3,2,3,4). The second kappa shape index (κ2) is 9.98. The van der Waals surface area contributed by atoms with Crippen molar-refractivity contribution in [2.24, 2.45) is 5.73 Å². The summed E-state index contributed by atoms with van der Waals surface area (Å²) in [5, 5.41) is 7.44. The molecule has 0 fully saturated rings. The zero-order valence-corrected chi connectivity index (χ0v) is 12.8. The lowest BCUT2D eigenvalue weighted by atomic mass is 10.2. The molecule has 1 aromatic rings. The van der Waals surface area contributed by atoms with E-state index in [9.17, 15) is 4.79 Å². The van der Waals surface area contributed by atoms with Gasteiger partial charge in [-0.1, -0.05) is 0 Å². The minimum atomic E-state index is -0.500. The normalized spacial score (nSPS) is 8.90. The fourth-order valence-corrected chi connectivity index (χ4v) is 1.03. The number of aliphatic hydroxyl groups excluding tert-OH is 1. The van der Waals surface area contributed by atoms with Crippen molar-refractivity contribution in [3.63, 3.8) is 0 Å². The molecule has 0 saturated heterocycles. The average Bonchev–Trinajstić information content (AvgIpc) is 2.38. The van der Waals surface area contributed by atoms with E-state index in [4.69, 9.17) is 22.1 Å². The topological polar surface area (TPSA) is 102 Å². The minimum Gasteiger partial charge on any atom is -0.487 e. The zero-order valence-electron chi connectivity index (χ0n) is 11.1. The molecule has 0 aliphatic heterocycles. The van der Waals surface area contributed by atoms with Crippen LogP contribution in [-0.4, -0.2) is 56.8 Å². The molecular weight excluding hydrogens is 300 g/mol. The predicted molar refractivity (Wildman–Crippen MR) is 82.6 cm³/mol. The van der Waals surface area contributed by atoms with Crippen molar-refractivity contribution in [1.29, 1.82) is 0 Å². The first-order valence-corrected chi connectivity index (χ1v) is 6.27. The average molecular weight is 316 g/mol. The van der Waals surface area contributed by atoms with Crippen LogP contribution in [0.1, 0.15) is 16.8 Å². The molecule has 0 aliphatic carbocycles. The number of aromatic nitrogens is 2. The van der Waals surface area contributed by atoms with Crippen molar-refractivity contribution >= 4 is 40.6 Å². The molecule has 1 rings (SSSR count). The number of thiocarbonyl (C=S) groups is 2. The molecule has 0 aliphatic rings. The lowest BCUT2D eigenvalue weighted by molar-refractivity contribution is 0.0955. The van der Waals surface area contributed by atoms with Gasteiger partial charge in [-0.3, -0.25) is 4.79 Å². The van der Waals surface area contributed by atoms with Crippen LogP contribution in [0.25, 0.3) is 0 Å². The molecule has 0 saturated carbocycles. The van der Waals surface area contributed by atoms with Crippen molar-refractivity contribution in [3.05, 3.63) is 24.3 Å². The van der Waals surface area contributed by atoms with Crippen molar-refractivity contribution in [2.75, 3.05) is 20.7 Å². The highest BCUT2D eigenvalue weighted by molar-refractivity contribution is 7.80. The monoisotopic (exact) mass is 316 g/mol. The summed E-state index contributed by atoms with van der Waals surface area (Å²) in [6.45, 7) is 0.269. The van der Waals surface area contributed by atoms with Gasteiger partial charge >= 0.3 is 0 Å². The Morgan fingerprint density at radius 3 is 2.35 bits per heavy atom. The van der Waals surface area contributed by atoms with Crippen LogP contribution < -0.4 is 5.73 Å². The summed E-state index contributed by atoms with van der Waals surface area (Å²) in [5.74, 6) is -0.0536. The van der Waals surface area contributed by atoms with Crippen LogP contribution in [0.2, 0.25) is 0 Å². The molecule has 0 spiro atoms. The van der Waals surface area contributed by atoms with Crippen LogP contribution in [0.5, 0.6) is 0 Å². The number of ether oxygens (including phenoxy) is 1. The summed E-state index contributed by atoms with van der Waals surface area (Å²) in [4.78, 5) is 20.8. The Morgan fingerprint density at radius 1 is 1.40 bits per heavy atom. The quantitative estimate of drug-likeness (QED) is 0.614. The smallest absolute Gasteiger partial charge is 0.258 e. The van der Waals surface area contributed by atoms with Gasteiger partial charge in [0.2, 0.25) is 0 Å². The van der Waals surface area contributed by atoms with E-state index in [1.807, 2.05) is 0 Å². The van der Waals surface area contributed by atoms with Gasteiger partial charge in [-0.2, -0.15) is 0 Å². The number of nitrogens with zero attached hydrogens (tertiary/aromatic N) is 3. The van der Waals surface area contributed by atoms with Crippen LogP contribution in [0.15, 0.2) is 18.7 Å². The molecule has 1 aromatic heterocycles. The summed E-state index contributed by atoms with van der Waals surface area (Å²) in [6.07, 6.45) is 4.62. The predicted octanol–water partition coefficient (Wildman–Crippen LogP) is 0.701. The first-order chi connectivity index (χ1) is 9.34. The molecule has 110 valence electrons. The van der Waals surface area contributed by atoms with Gasteiger partial charge in [0.05, 0.1) is 12.2 Å². The van der Waals surface area contributed by atoms with Gasteiger partial charge in [-0.15, -0.1) is 0 Å². The van der Waals surface area contributed by atoms with Gasteiger partial charge < -0.3 is 20.5 Å². The zero-order chi connectivity index (χ0) is 15.5. The van der Waals surface area contributed by atoms with Gasteiger partial charge in [0.25, 0.3) is 10.3 Å². The maximum absolute atomic E-state index is 11.6. The molecule has 0 bridgehead atoms. The maximum Gasteiger partial charge on any atom is 0.258 e. The molecule has 0 atom stereocenters. The van der Waals surface area contributed by atoms with Gasteiger partial charge in [-0.25, -0.2) is 9.97 Å². The van der Waals surface area contributed by atoms with E-state index in [-0.39, 0.29) is 18.8 Å². The molecule has 0 aromatic carbocycles. The van der Waals surface area contributed by atoms with E-state index in [1.165, 1.54) is 18.7 Å². The van der Waals surface area contributed by atoms with Gasteiger partial charge in [-0.05, 0) is 24.4 Å². The van der Waals surface area contributed by atoms with E-state index in [2.05, 4.69) is 27.9 Å². The molecule has 20 heavy (non-hydrogen) atoms. The van der Waals surface area contributed by atoms with Gasteiger partial charge in [0.15, 0.2) is 5.78 Å². The van der Waals surface area contributed by atoms with E-state index in [0.717, 1.165) is 0 Å². The van der Waals surface area contributed by atoms with Crippen molar-refractivity contribution in [1.82, 2.24) is 14.9 Å². The first-order valence-electron chi connectivity index (χ1n) is 5.45. The van der Waals surface area contributed by atoms with Gasteiger partial charge in [0.1, 0.15) is 6.33 Å². The Hall–Kier alpha value is -1.87. The summed E-state index contributed by atoms with van der Waals surface area (Å²) < 4.78 is 5.19. The summed E-state index contributed by atoms with van der Waals surface area (Å²) in [6, 6.07) is 0. The Labute approximate surface area is 127 Å². The number of carbonyl (C=O) groups is 1. The van der Waals surface area contributed by atoms with E-state index >= 15 is 0 Å². The third-order valence-corrected chi connectivity index (χ3v) is 2.29. The number of nitrogens with two attached hydrogens (primary N) is 1. The second-order valence-corrected chi connectivity index (χ2v) is 4.41. The van der Waals surface area contributed by atoms with E-state index in [1.54, 1.807) is 19.0 Å². The fraction of sp³-hybridized carbons (Fsp3) is 0.364. The van der Waals surface area contributed by atoms with E-state index < -0.39 is 5.17 Å². The third-order valence-electron chi connectivity index (χ3n) is 1.80. The highest BCUT2D eigenvalue weighted by Crippen LogP contribution is 2.00. The second-order valence-electron chi connectivity index (χ2n) is 3.65. The van der Waals surface area contributed by atoms with Gasteiger partial charge in [0, 0.05) is 32.9 Å².